The average Bonchev–Trinajstić information content (AvgIpc) is 2.52. The predicted molar refractivity (Wildman–Crippen MR) is 66.2 cm³/mol. The van der Waals surface area contributed by atoms with Crippen molar-refractivity contribution in [2.45, 2.75) is 32.6 Å². The lowest BCUT2D eigenvalue weighted by atomic mass is 10.00. The molecule has 1 aromatic carbocycles. The standard InChI is InChI=1S/C14H16O4/c1-9(15)18-13-8-7-12(17-2)10-5-3-4-6-11(16)14(10)13/h7-8H,3-6H2,1-2H3. The summed E-state index contributed by atoms with van der Waals surface area (Å²) in [5, 5.41) is 0. The Morgan fingerprint density at radius 3 is 2.50 bits per heavy atom. The van der Waals surface area contributed by atoms with E-state index < -0.39 is 5.97 Å². The molecule has 18 heavy (non-hydrogen) atoms. The highest BCUT2D eigenvalue weighted by Gasteiger charge is 2.24. The van der Waals surface area contributed by atoms with Crippen LogP contribution in [0.4, 0.5) is 0 Å². The summed E-state index contributed by atoms with van der Waals surface area (Å²) in [6, 6.07) is 3.37. The Balaban J connectivity index is 2.56. The number of carbonyl (C=O) groups excluding carboxylic acids is 2. The highest BCUT2D eigenvalue weighted by atomic mass is 16.5. The normalized spacial score (nSPS) is 14.7. The Morgan fingerprint density at radius 1 is 1.17 bits per heavy atom. The van der Waals surface area contributed by atoms with Crippen LogP contribution in [0.5, 0.6) is 11.5 Å². The highest BCUT2D eigenvalue weighted by molar-refractivity contribution is 6.01. The van der Waals surface area contributed by atoms with Crippen LogP contribution in [-0.2, 0) is 11.2 Å². The molecule has 0 amide bonds. The number of fused-ring (bicyclic) bond motifs is 1. The van der Waals surface area contributed by atoms with Crippen molar-refractivity contribution in [3.63, 3.8) is 0 Å². The van der Waals surface area contributed by atoms with Crippen LogP contribution < -0.4 is 9.47 Å². The van der Waals surface area contributed by atoms with E-state index in [0.717, 1.165) is 24.8 Å². The Labute approximate surface area is 106 Å². The molecule has 96 valence electrons. The van der Waals surface area contributed by atoms with E-state index in [0.29, 0.717) is 23.5 Å². The second-order valence-corrected chi connectivity index (χ2v) is 4.34. The zero-order chi connectivity index (χ0) is 13.1. The summed E-state index contributed by atoms with van der Waals surface area (Å²) in [6.07, 6.45) is 3.07. The molecule has 0 heterocycles. The van der Waals surface area contributed by atoms with E-state index in [1.54, 1.807) is 19.2 Å². The highest BCUT2D eigenvalue weighted by Crippen LogP contribution is 2.35. The first-order valence-corrected chi connectivity index (χ1v) is 6.05. The molecule has 0 radical (unpaired) electrons. The quantitative estimate of drug-likeness (QED) is 0.458. The maximum Gasteiger partial charge on any atom is 0.308 e. The third-order valence-corrected chi connectivity index (χ3v) is 3.06. The van der Waals surface area contributed by atoms with Crippen LogP contribution >= 0.6 is 0 Å². The van der Waals surface area contributed by atoms with E-state index in [1.165, 1.54) is 6.92 Å². The lowest BCUT2D eigenvalue weighted by Crippen LogP contribution is -2.10. The molecule has 0 fully saturated rings. The van der Waals surface area contributed by atoms with Gasteiger partial charge in [0.1, 0.15) is 11.5 Å². The van der Waals surface area contributed by atoms with Gasteiger partial charge < -0.3 is 9.47 Å². The number of carbonyl (C=O) groups is 2. The van der Waals surface area contributed by atoms with Gasteiger partial charge in [-0.1, -0.05) is 0 Å². The number of methoxy groups -OCH3 is 1. The van der Waals surface area contributed by atoms with Crippen molar-refractivity contribution in [2.75, 3.05) is 7.11 Å². The fourth-order valence-electron chi connectivity index (χ4n) is 2.30. The van der Waals surface area contributed by atoms with E-state index >= 15 is 0 Å². The molecule has 0 saturated carbocycles. The van der Waals surface area contributed by atoms with E-state index in [2.05, 4.69) is 0 Å². The van der Waals surface area contributed by atoms with Crippen molar-refractivity contribution in [1.29, 1.82) is 0 Å². The summed E-state index contributed by atoms with van der Waals surface area (Å²) in [5.74, 6) is 0.651. The summed E-state index contributed by atoms with van der Waals surface area (Å²) >= 11 is 0. The van der Waals surface area contributed by atoms with Gasteiger partial charge in [0.05, 0.1) is 12.7 Å². The zero-order valence-corrected chi connectivity index (χ0v) is 10.6. The number of rotatable bonds is 2. The van der Waals surface area contributed by atoms with E-state index in [1.807, 2.05) is 0 Å². The average molecular weight is 248 g/mol. The molecule has 0 N–H and O–H groups in total. The lowest BCUT2D eigenvalue weighted by Gasteiger charge is -2.14. The molecule has 4 heteroatoms. The Hall–Kier alpha value is -1.84. The van der Waals surface area contributed by atoms with Crippen molar-refractivity contribution in [1.82, 2.24) is 0 Å². The molecular weight excluding hydrogens is 232 g/mol. The van der Waals surface area contributed by atoms with E-state index in [9.17, 15) is 9.59 Å². The third-order valence-electron chi connectivity index (χ3n) is 3.06. The Bertz CT molecular complexity index is 491. The van der Waals surface area contributed by atoms with Gasteiger partial charge in [-0.3, -0.25) is 9.59 Å². The Morgan fingerprint density at radius 2 is 1.83 bits per heavy atom. The number of ether oxygens (including phenoxy) is 2. The smallest absolute Gasteiger partial charge is 0.308 e. The van der Waals surface area contributed by atoms with Crippen LogP contribution in [0, 0.1) is 0 Å². The zero-order valence-electron chi connectivity index (χ0n) is 10.6. The minimum atomic E-state index is -0.417. The molecule has 0 aromatic heterocycles. The number of benzene rings is 1. The van der Waals surface area contributed by atoms with E-state index in [-0.39, 0.29) is 5.78 Å². The van der Waals surface area contributed by atoms with Gasteiger partial charge in [0.25, 0.3) is 0 Å². The molecule has 0 unspecified atom stereocenters. The molecule has 4 nitrogen and oxygen atoms in total. The minimum Gasteiger partial charge on any atom is -0.496 e. The molecule has 0 saturated heterocycles. The monoisotopic (exact) mass is 248 g/mol. The topological polar surface area (TPSA) is 52.6 Å². The van der Waals surface area contributed by atoms with Crippen LogP contribution in [0.3, 0.4) is 0 Å². The second-order valence-electron chi connectivity index (χ2n) is 4.34. The van der Waals surface area contributed by atoms with Crippen molar-refractivity contribution in [2.24, 2.45) is 0 Å². The first kappa shape index (κ1) is 12.6. The minimum absolute atomic E-state index is 0.0256. The fourth-order valence-corrected chi connectivity index (χ4v) is 2.30. The number of hydrogen-bond donors (Lipinski definition) is 0. The maximum absolute atomic E-state index is 12.1. The summed E-state index contributed by atoms with van der Waals surface area (Å²) in [5.41, 5.74) is 1.38. The van der Waals surface area contributed by atoms with Gasteiger partial charge in [0.2, 0.25) is 0 Å². The molecule has 0 bridgehead atoms. The lowest BCUT2D eigenvalue weighted by molar-refractivity contribution is -0.131. The van der Waals surface area contributed by atoms with Crippen molar-refractivity contribution >= 4 is 11.8 Å². The number of ketones is 1. The molecule has 0 aliphatic heterocycles. The maximum atomic E-state index is 12.1. The summed E-state index contributed by atoms with van der Waals surface area (Å²) < 4.78 is 10.4. The van der Waals surface area contributed by atoms with Crippen LogP contribution in [0.1, 0.15) is 42.1 Å². The van der Waals surface area contributed by atoms with Gasteiger partial charge >= 0.3 is 5.97 Å². The van der Waals surface area contributed by atoms with Crippen LogP contribution in [-0.4, -0.2) is 18.9 Å². The molecule has 0 spiro atoms. The van der Waals surface area contributed by atoms with Crippen LogP contribution in [0.2, 0.25) is 0 Å². The van der Waals surface area contributed by atoms with Crippen molar-refractivity contribution in [3.05, 3.63) is 23.3 Å². The van der Waals surface area contributed by atoms with Gasteiger partial charge in [-0.15, -0.1) is 0 Å². The number of Topliss-reactive ketones (excluding diaryl/α,β-unsaturated/α-hetero) is 1. The summed E-state index contributed by atoms with van der Waals surface area (Å²) in [6.45, 7) is 1.33. The fraction of sp³-hybridized carbons (Fsp3) is 0.429. The van der Waals surface area contributed by atoms with Crippen molar-refractivity contribution in [3.8, 4) is 11.5 Å². The molecule has 1 aliphatic rings. The van der Waals surface area contributed by atoms with Gasteiger partial charge in [-0.25, -0.2) is 0 Å². The van der Waals surface area contributed by atoms with Gasteiger partial charge in [-0.05, 0) is 31.4 Å². The molecular formula is C14H16O4. The first-order valence-electron chi connectivity index (χ1n) is 6.05. The summed E-state index contributed by atoms with van der Waals surface area (Å²) in [7, 11) is 1.58. The number of esters is 1. The van der Waals surface area contributed by atoms with Crippen LogP contribution in [0.15, 0.2) is 12.1 Å². The Kier molecular flexibility index (Phi) is 3.65. The van der Waals surface area contributed by atoms with Crippen molar-refractivity contribution < 1.29 is 19.1 Å². The number of hydrogen-bond acceptors (Lipinski definition) is 4. The van der Waals surface area contributed by atoms with Gasteiger partial charge in [0, 0.05) is 18.9 Å². The van der Waals surface area contributed by atoms with Gasteiger partial charge in [0.15, 0.2) is 5.78 Å². The van der Waals surface area contributed by atoms with Gasteiger partial charge in [-0.2, -0.15) is 0 Å². The molecule has 0 atom stereocenters. The van der Waals surface area contributed by atoms with E-state index in [4.69, 9.17) is 9.47 Å². The second kappa shape index (κ2) is 5.21. The molecule has 2 rings (SSSR count). The SMILES string of the molecule is COc1ccc(OC(C)=O)c2c1CCCCC2=O. The molecule has 1 aliphatic carbocycles. The first-order chi connectivity index (χ1) is 8.63. The summed E-state index contributed by atoms with van der Waals surface area (Å²) in [4.78, 5) is 23.2. The predicted octanol–water partition coefficient (Wildman–Crippen LogP) is 2.53. The van der Waals surface area contributed by atoms with Crippen LogP contribution in [0.25, 0.3) is 0 Å². The largest absolute Gasteiger partial charge is 0.496 e. The molecule has 1 aromatic rings. The third kappa shape index (κ3) is 2.37.